The van der Waals surface area contributed by atoms with Crippen LogP contribution < -0.4 is 24.4 Å². The summed E-state index contributed by atoms with van der Waals surface area (Å²) < 4.78 is 18.7. The second-order valence-corrected chi connectivity index (χ2v) is 9.94. The van der Waals surface area contributed by atoms with Gasteiger partial charge in [-0.1, -0.05) is 78.1 Å². The highest BCUT2D eigenvalue weighted by Crippen LogP contribution is 2.35. The standard InChI is InChI=1S/C32H27N3O5S/c1-3-38-25-19-21(15-16-24(25)40-18-17-33)20-26-30(36)35-29(23-13-9-6-10-14-23)27(31(37)39-4-2)28(34-32(35)41-26)22-11-7-5-8-12-22/h5-16,19-20,29H,3-4,18H2,1-2H3/b26-20-/t29-/m0/s1. The van der Waals surface area contributed by atoms with E-state index in [9.17, 15) is 9.59 Å². The maximum absolute atomic E-state index is 14.0. The molecule has 0 bridgehead atoms. The van der Waals surface area contributed by atoms with Crippen LogP contribution in [-0.4, -0.2) is 30.4 Å². The van der Waals surface area contributed by atoms with E-state index in [-0.39, 0.29) is 18.8 Å². The average molecular weight is 566 g/mol. The predicted molar refractivity (Wildman–Crippen MR) is 156 cm³/mol. The SMILES string of the molecule is CCOC(=O)C1=C(c2ccccc2)N=c2s/c(=C\c3ccc(OCC#N)c(OCC)c3)c(=O)n2[C@H]1c1ccccc1. The van der Waals surface area contributed by atoms with Gasteiger partial charge in [-0.3, -0.25) is 9.36 Å². The number of rotatable bonds is 9. The minimum absolute atomic E-state index is 0.107. The molecule has 41 heavy (non-hydrogen) atoms. The van der Waals surface area contributed by atoms with E-state index in [0.717, 1.165) is 11.1 Å². The first-order chi connectivity index (χ1) is 20.0. The molecule has 0 unspecified atom stereocenters. The summed E-state index contributed by atoms with van der Waals surface area (Å²) in [6.45, 7) is 4.09. The van der Waals surface area contributed by atoms with Crippen molar-refractivity contribution >= 4 is 29.1 Å². The molecule has 3 aromatic carbocycles. The first-order valence-corrected chi connectivity index (χ1v) is 14.0. The average Bonchev–Trinajstić information content (AvgIpc) is 3.31. The number of ether oxygens (including phenoxy) is 3. The smallest absolute Gasteiger partial charge is 0.338 e. The van der Waals surface area contributed by atoms with Crippen LogP contribution in [0.4, 0.5) is 0 Å². The van der Waals surface area contributed by atoms with E-state index >= 15 is 0 Å². The monoisotopic (exact) mass is 565 g/mol. The highest BCUT2D eigenvalue weighted by atomic mass is 32.1. The van der Waals surface area contributed by atoms with Crippen molar-refractivity contribution in [3.05, 3.63) is 121 Å². The number of hydrogen-bond donors (Lipinski definition) is 0. The van der Waals surface area contributed by atoms with E-state index in [2.05, 4.69) is 0 Å². The number of aromatic nitrogens is 1. The Hall–Kier alpha value is -4.94. The first-order valence-electron chi connectivity index (χ1n) is 13.2. The first kappa shape index (κ1) is 27.6. The molecule has 5 rings (SSSR count). The number of carbonyl (C=O) groups is 1. The fraction of sp³-hybridized carbons (Fsp3) is 0.188. The molecule has 206 valence electrons. The van der Waals surface area contributed by atoms with Crippen LogP contribution in [-0.2, 0) is 9.53 Å². The van der Waals surface area contributed by atoms with Gasteiger partial charge in [-0.15, -0.1) is 0 Å². The van der Waals surface area contributed by atoms with Crippen LogP contribution in [0.25, 0.3) is 11.8 Å². The van der Waals surface area contributed by atoms with Crippen molar-refractivity contribution in [2.75, 3.05) is 19.8 Å². The lowest BCUT2D eigenvalue weighted by Crippen LogP contribution is -2.39. The van der Waals surface area contributed by atoms with Crippen molar-refractivity contribution in [3.63, 3.8) is 0 Å². The van der Waals surface area contributed by atoms with E-state index < -0.39 is 12.0 Å². The number of nitriles is 1. The van der Waals surface area contributed by atoms with Crippen LogP contribution in [0.3, 0.4) is 0 Å². The molecule has 0 amide bonds. The van der Waals surface area contributed by atoms with E-state index in [0.29, 0.717) is 44.3 Å². The molecule has 0 N–H and O–H groups in total. The van der Waals surface area contributed by atoms with E-state index in [4.69, 9.17) is 24.5 Å². The molecule has 9 heteroatoms. The van der Waals surface area contributed by atoms with Gasteiger partial charge < -0.3 is 14.2 Å². The zero-order valence-electron chi connectivity index (χ0n) is 22.6. The molecular weight excluding hydrogens is 538 g/mol. The van der Waals surface area contributed by atoms with Crippen LogP contribution in [0, 0.1) is 11.3 Å². The Morgan fingerprint density at radius 3 is 2.41 bits per heavy atom. The van der Waals surface area contributed by atoms with Gasteiger partial charge in [0.2, 0.25) is 0 Å². The zero-order chi connectivity index (χ0) is 28.8. The fourth-order valence-corrected chi connectivity index (χ4v) is 5.66. The Morgan fingerprint density at radius 2 is 1.73 bits per heavy atom. The molecule has 1 aromatic heterocycles. The zero-order valence-corrected chi connectivity index (χ0v) is 23.4. The molecule has 4 aromatic rings. The van der Waals surface area contributed by atoms with Crippen LogP contribution in [0.5, 0.6) is 11.5 Å². The molecule has 1 aliphatic rings. The van der Waals surface area contributed by atoms with Gasteiger partial charge in [0, 0.05) is 5.56 Å². The summed E-state index contributed by atoms with van der Waals surface area (Å²) in [5.74, 6) is 0.401. The predicted octanol–water partition coefficient (Wildman–Crippen LogP) is 4.24. The minimum Gasteiger partial charge on any atom is -0.490 e. The number of nitrogens with zero attached hydrogens (tertiary/aromatic N) is 3. The number of hydrogen-bond acceptors (Lipinski definition) is 8. The third kappa shape index (κ3) is 5.69. The molecule has 0 saturated heterocycles. The number of benzene rings is 3. The summed E-state index contributed by atoms with van der Waals surface area (Å²) in [6.07, 6.45) is 1.76. The van der Waals surface area contributed by atoms with Crippen LogP contribution in [0.2, 0.25) is 0 Å². The van der Waals surface area contributed by atoms with Crippen molar-refractivity contribution in [1.82, 2.24) is 4.57 Å². The summed E-state index contributed by atoms with van der Waals surface area (Å²) >= 11 is 1.24. The molecule has 8 nitrogen and oxygen atoms in total. The molecular formula is C32H27N3O5S. The van der Waals surface area contributed by atoms with Gasteiger partial charge in [0.1, 0.15) is 6.07 Å². The van der Waals surface area contributed by atoms with Crippen molar-refractivity contribution in [2.24, 2.45) is 4.99 Å². The topological polar surface area (TPSA) is 103 Å². The summed E-state index contributed by atoms with van der Waals surface area (Å²) in [4.78, 5) is 32.8. The third-order valence-corrected chi connectivity index (χ3v) is 7.33. The van der Waals surface area contributed by atoms with Gasteiger partial charge >= 0.3 is 5.97 Å². The van der Waals surface area contributed by atoms with E-state index in [1.807, 2.05) is 73.7 Å². The number of fused-ring (bicyclic) bond motifs is 1. The van der Waals surface area contributed by atoms with Crippen molar-refractivity contribution < 1.29 is 19.0 Å². The molecule has 0 saturated carbocycles. The third-order valence-electron chi connectivity index (χ3n) is 6.35. The van der Waals surface area contributed by atoms with Crippen molar-refractivity contribution in [3.8, 4) is 17.6 Å². The molecule has 0 aliphatic carbocycles. The van der Waals surface area contributed by atoms with Crippen molar-refractivity contribution in [2.45, 2.75) is 19.9 Å². The Morgan fingerprint density at radius 1 is 1.00 bits per heavy atom. The lowest BCUT2D eigenvalue weighted by molar-refractivity contribution is -0.138. The Labute approximate surface area is 240 Å². The summed E-state index contributed by atoms with van der Waals surface area (Å²) in [5.41, 5.74) is 2.74. The molecule has 2 heterocycles. The van der Waals surface area contributed by atoms with Crippen LogP contribution in [0.15, 0.2) is 94.2 Å². The molecule has 0 spiro atoms. The van der Waals surface area contributed by atoms with E-state index in [1.54, 1.807) is 35.8 Å². The Kier molecular flexibility index (Phi) is 8.42. The lowest BCUT2D eigenvalue weighted by atomic mass is 9.93. The Bertz CT molecular complexity index is 1820. The van der Waals surface area contributed by atoms with Crippen LogP contribution in [0.1, 0.15) is 36.6 Å². The summed E-state index contributed by atoms with van der Waals surface area (Å²) in [7, 11) is 0. The normalized spacial score (nSPS) is 14.6. The number of carbonyl (C=O) groups excluding carboxylic acids is 1. The van der Waals surface area contributed by atoms with E-state index in [1.165, 1.54) is 11.3 Å². The number of thiazole rings is 1. The minimum atomic E-state index is -0.732. The van der Waals surface area contributed by atoms with Gasteiger partial charge in [-0.25, -0.2) is 9.79 Å². The summed E-state index contributed by atoms with van der Waals surface area (Å²) in [5, 5.41) is 8.89. The number of esters is 1. The second kappa shape index (κ2) is 12.5. The van der Waals surface area contributed by atoms with Gasteiger partial charge in [0.25, 0.3) is 5.56 Å². The highest BCUT2D eigenvalue weighted by Gasteiger charge is 2.35. The molecule has 0 fully saturated rings. The molecule has 0 radical (unpaired) electrons. The second-order valence-electron chi connectivity index (χ2n) is 8.93. The maximum atomic E-state index is 14.0. The fourth-order valence-electron chi connectivity index (χ4n) is 4.65. The quantitative estimate of drug-likeness (QED) is 0.282. The lowest BCUT2D eigenvalue weighted by Gasteiger charge is -2.25. The summed E-state index contributed by atoms with van der Waals surface area (Å²) in [6, 6.07) is 25.4. The van der Waals surface area contributed by atoms with Gasteiger partial charge in [0.05, 0.1) is 35.1 Å². The van der Waals surface area contributed by atoms with Crippen molar-refractivity contribution in [1.29, 1.82) is 5.26 Å². The van der Waals surface area contributed by atoms with Crippen LogP contribution >= 0.6 is 11.3 Å². The molecule has 1 atom stereocenters. The Balaban J connectivity index is 1.73. The largest absolute Gasteiger partial charge is 0.490 e. The van der Waals surface area contributed by atoms with Gasteiger partial charge in [0.15, 0.2) is 22.9 Å². The van der Waals surface area contributed by atoms with Gasteiger partial charge in [-0.05, 0) is 43.2 Å². The maximum Gasteiger partial charge on any atom is 0.338 e. The molecule has 1 aliphatic heterocycles. The van der Waals surface area contributed by atoms with Gasteiger partial charge in [-0.2, -0.15) is 5.26 Å². The highest BCUT2D eigenvalue weighted by molar-refractivity contribution is 7.07.